The molecule has 0 saturated carbocycles. The van der Waals surface area contributed by atoms with E-state index in [2.05, 4.69) is 4.98 Å². The van der Waals surface area contributed by atoms with Gasteiger partial charge in [-0.2, -0.15) is 13.2 Å². The summed E-state index contributed by atoms with van der Waals surface area (Å²) in [5, 5.41) is 9.61. The van der Waals surface area contributed by atoms with Gasteiger partial charge in [-0.05, 0) is 51.5 Å². The number of aromatic nitrogens is 1. The standard InChI is InChI=1S/C23H21F4NO4S/c1-12-5-7-15(32-22(3,4)21(29)30)10-18(12)31-11-19-13(2)28-20(33-19)14-6-8-16(17(24)9-14)23(25,26)27/h5-10H,11H2,1-4H3,(H,29,30). The number of aliphatic carboxylic acids is 1. The van der Waals surface area contributed by atoms with Crippen molar-refractivity contribution in [2.24, 2.45) is 0 Å². The third-order valence-corrected chi connectivity index (χ3v) is 6.00. The maximum atomic E-state index is 13.9. The van der Waals surface area contributed by atoms with Crippen LogP contribution in [0.5, 0.6) is 11.5 Å². The second-order valence-electron chi connectivity index (χ2n) is 7.85. The van der Waals surface area contributed by atoms with Gasteiger partial charge in [-0.15, -0.1) is 11.3 Å². The van der Waals surface area contributed by atoms with Crippen LogP contribution in [-0.4, -0.2) is 21.7 Å². The van der Waals surface area contributed by atoms with Crippen LogP contribution in [0.3, 0.4) is 0 Å². The Morgan fingerprint density at radius 1 is 1.12 bits per heavy atom. The molecule has 1 N–H and O–H groups in total. The van der Waals surface area contributed by atoms with Crippen molar-refractivity contribution in [1.82, 2.24) is 4.98 Å². The summed E-state index contributed by atoms with van der Waals surface area (Å²) in [6.45, 7) is 6.52. The molecule has 0 bridgehead atoms. The molecule has 0 fully saturated rings. The summed E-state index contributed by atoms with van der Waals surface area (Å²) in [5.74, 6) is -1.67. The van der Waals surface area contributed by atoms with Crippen molar-refractivity contribution in [3.05, 3.63) is 63.9 Å². The van der Waals surface area contributed by atoms with Gasteiger partial charge >= 0.3 is 12.1 Å². The Labute approximate surface area is 191 Å². The molecular weight excluding hydrogens is 462 g/mol. The molecule has 33 heavy (non-hydrogen) atoms. The van der Waals surface area contributed by atoms with Gasteiger partial charge in [0, 0.05) is 11.6 Å². The second kappa shape index (κ2) is 9.01. The van der Waals surface area contributed by atoms with Gasteiger partial charge in [0.05, 0.1) is 16.1 Å². The van der Waals surface area contributed by atoms with Crippen LogP contribution in [-0.2, 0) is 17.6 Å². The summed E-state index contributed by atoms with van der Waals surface area (Å²) in [4.78, 5) is 16.3. The predicted molar refractivity (Wildman–Crippen MR) is 115 cm³/mol. The summed E-state index contributed by atoms with van der Waals surface area (Å²) >= 11 is 1.18. The molecule has 0 aliphatic carbocycles. The summed E-state index contributed by atoms with van der Waals surface area (Å²) in [5.41, 5.74) is -1.11. The Morgan fingerprint density at radius 2 is 1.82 bits per heavy atom. The topological polar surface area (TPSA) is 68.7 Å². The van der Waals surface area contributed by atoms with Crippen molar-refractivity contribution in [2.45, 2.75) is 46.1 Å². The molecule has 0 aliphatic rings. The lowest BCUT2D eigenvalue weighted by atomic mass is 10.1. The lowest BCUT2D eigenvalue weighted by Gasteiger charge is -2.22. The lowest BCUT2D eigenvalue weighted by molar-refractivity contribution is -0.152. The minimum atomic E-state index is -4.77. The number of nitrogens with zero attached hydrogens (tertiary/aromatic N) is 1. The molecule has 1 aromatic heterocycles. The minimum Gasteiger partial charge on any atom is -0.488 e. The zero-order valence-electron chi connectivity index (χ0n) is 18.2. The van der Waals surface area contributed by atoms with E-state index in [-0.39, 0.29) is 12.2 Å². The average Bonchev–Trinajstić information content (AvgIpc) is 3.07. The Hall–Kier alpha value is -3.14. The first kappa shape index (κ1) is 24.5. The quantitative estimate of drug-likeness (QED) is 0.394. The Balaban J connectivity index is 1.78. The van der Waals surface area contributed by atoms with Gasteiger partial charge in [-0.3, -0.25) is 0 Å². The molecule has 5 nitrogen and oxygen atoms in total. The first-order chi connectivity index (χ1) is 15.3. The average molecular weight is 483 g/mol. The SMILES string of the molecule is Cc1ccc(OC(C)(C)C(=O)O)cc1OCc1sc(-c2ccc(C(F)(F)F)c(F)c2)nc1C. The van der Waals surface area contributed by atoms with E-state index in [1.165, 1.54) is 31.3 Å². The zero-order valence-corrected chi connectivity index (χ0v) is 19.0. The van der Waals surface area contributed by atoms with Gasteiger partial charge in [0.25, 0.3) is 0 Å². The normalized spacial score (nSPS) is 12.0. The second-order valence-corrected chi connectivity index (χ2v) is 8.94. The molecule has 0 saturated heterocycles. The third-order valence-electron chi connectivity index (χ3n) is 4.82. The molecule has 3 aromatic rings. The van der Waals surface area contributed by atoms with Gasteiger partial charge < -0.3 is 14.6 Å². The van der Waals surface area contributed by atoms with Crippen LogP contribution in [0.25, 0.3) is 10.6 Å². The van der Waals surface area contributed by atoms with E-state index in [9.17, 15) is 27.5 Å². The zero-order chi connectivity index (χ0) is 24.6. The number of alkyl halides is 3. The molecule has 176 valence electrons. The van der Waals surface area contributed by atoms with E-state index >= 15 is 0 Å². The number of hydrogen-bond acceptors (Lipinski definition) is 5. The fourth-order valence-corrected chi connectivity index (χ4v) is 3.82. The highest BCUT2D eigenvalue weighted by atomic mass is 32.1. The fraction of sp³-hybridized carbons (Fsp3) is 0.304. The highest BCUT2D eigenvalue weighted by molar-refractivity contribution is 7.15. The molecule has 3 rings (SSSR count). The molecule has 1 heterocycles. The first-order valence-electron chi connectivity index (χ1n) is 9.77. The highest BCUT2D eigenvalue weighted by Crippen LogP contribution is 2.35. The largest absolute Gasteiger partial charge is 0.488 e. The minimum absolute atomic E-state index is 0.110. The smallest absolute Gasteiger partial charge is 0.419 e. The molecule has 2 aromatic carbocycles. The van der Waals surface area contributed by atoms with Gasteiger partial charge in [0.1, 0.15) is 28.9 Å². The van der Waals surface area contributed by atoms with Crippen LogP contribution in [0.4, 0.5) is 17.6 Å². The number of carbonyl (C=O) groups is 1. The number of thiazole rings is 1. The van der Waals surface area contributed by atoms with Crippen molar-refractivity contribution in [2.75, 3.05) is 0 Å². The summed E-state index contributed by atoms with van der Waals surface area (Å²) in [7, 11) is 0. The molecular formula is C23H21F4NO4S. The molecule has 0 aliphatic heterocycles. The van der Waals surface area contributed by atoms with Crippen molar-refractivity contribution < 1.29 is 36.9 Å². The van der Waals surface area contributed by atoms with E-state index in [1.807, 2.05) is 6.92 Å². The van der Waals surface area contributed by atoms with Crippen molar-refractivity contribution in [3.8, 4) is 22.1 Å². The van der Waals surface area contributed by atoms with E-state index in [4.69, 9.17) is 9.47 Å². The van der Waals surface area contributed by atoms with Crippen molar-refractivity contribution in [1.29, 1.82) is 0 Å². The van der Waals surface area contributed by atoms with Crippen LogP contribution >= 0.6 is 11.3 Å². The van der Waals surface area contributed by atoms with Crippen molar-refractivity contribution in [3.63, 3.8) is 0 Å². The molecule has 0 unspecified atom stereocenters. The van der Waals surface area contributed by atoms with E-state index < -0.39 is 29.1 Å². The summed E-state index contributed by atoms with van der Waals surface area (Å²) in [6, 6.07) is 7.67. The maximum Gasteiger partial charge on any atom is 0.419 e. The molecule has 0 atom stereocenters. The summed E-state index contributed by atoms with van der Waals surface area (Å²) in [6.07, 6.45) is -4.77. The van der Waals surface area contributed by atoms with Crippen LogP contribution in [0.15, 0.2) is 36.4 Å². The monoisotopic (exact) mass is 483 g/mol. The van der Waals surface area contributed by atoms with E-state index in [0.29, 0.717) is 33.1 Å². The number of carboxylic acids is 1. The lowest BCUT2D eigenvalue weighted by Crippen LogP contribution is -2.37. The third kappa shape index (κ3) is 5.62. The Morgan fingerprint density at radius 3 is 2.42 bits per heavy atom. The summed E-state index contributed by atoms with van der Waals surface area (Å²) < 4.78 is 63.7. The Kier molecular flexibility index (Phi) is 6.69. The fourth-order valence-electron chi connectivity index (χ4n) is 2.84. The predicted octanol–water partition coefficient (Wildman–Crippen LogP) is 6.41. The van der Waals surface area contributed by atoms with Crippen LogP contribution < -0.4 is 9.47 Å². The Bertz CT molecular complexity index is 1190. The number of benzene rings is 2. The number of carboxylic acid groups (broad SMARTS) is 1. The van der Waals surface area contributed by atoms with Crippen LogP contribution in [0.2, 0.25) is 0 Å². The number of aryl methyl sites for hydroxylation is 2. The number of hydrogen-bond donors (Lipinski definition) is 1. The van der Waals surface area contributed by atoms with Gasteiger partial charge in [-0.1, -0.05) is 12.1 Å². The molecule has 0 amide bonds. The highest BCUT2D eigenvalue weighted by Gasteiger charge is 2.34. The van der Waals surface area contributed by atoms with Crippen molar-refractivity contribution >= 4 is 17.3 Å². The number of halogens is 4. The van der Waals surface area contributed by atoms with E-state index in [1.54, 1.807) is 25.1 Å². The van der Waals surface area contributed by atoms with Gasteiger partial charge in [-0.25, -0.2) is 14.2 Å². The number of rotatable bonds is 7. The maximum absolute atomic E-state index is 13.9. The number of ether oxygens (including phenoxy) is 2. The van der Waals surface area contributed by atoms with Gasteiger partial charge in [0.2, 0.25) is 0 Å². The molecule has 0 radical (unpaired) electrons. The van der Waals surface area contributed by atoms with E-state index in [0.717, 1.165) is 11.6 Å². The molecule has 10 heteroatoms. The van der Waals surface area contributed by atoms with Crippen LogP contribution in [0, 0.1) is 19.7 Å². The first-order valence-corrected chi connectivity index (χ1v) is 10.6. The van der Waals surface area contributed by atoms with Gasteiger partial charge in [0.15, 0.2) is 5.60 Å². The van der Waals surface area contributed by atoms with Crippen LogP contribution in [0.1, 0.15) is 35.5 Å². The molecule has 0 spiro atoms.